The van der Waals surface area contributed by atoms with E-state index in [4.69, 9.17) is 5.11 Å². The van der Waals surface area contributed by atoms with Crippen LogP contribution in [0.2, 0.25) is 0 Å². The topological polar surface area (TPSA) is 104 Å². The molecule has 1 aromatic carbocycles. The molecule has 0 bridgehead atoms. The highest BCUT2D eigenvalue weighted by atomic mass is 32.2. The minimum Gasteiger partial charge on any atom is -0.481 e. The highest BCUT2D eigenvalue weighted by molar-refractivity contribution is 7.89. The maximum Gasteiger partial charge on any atom is 0.308 e. The Morgan fingerprint density at radius 2 is 1.92 bits per heavy atom. The molecule has 24 heavy (non-hydrogen) atoms. The van der Waals surface area contributed by atoms with E-state index < -0.39 is 21.9 Å². The van der Waals surface area contributed by atoms with Crippen molar-refractivity contribution in [3.8, 4) is 0 Å². The second-order valence-electron chi connectivity index (χ2n) is 5.98. The molecule has 1 aliphatic rings. The van der Waals surface area contributed by atoms with Crippen LogP contribution in [0.25, 0.3) is 0 Å². The van der Waals surface area contributed by atoms with Crippen LogP contribution in [0.5, 0.6) is 0 Å². The lowest BCUT2D eigenvalue weighted by atomic mass is 10.1. The summed E-state index contributed by atoms with van der Waals surface area (Å²) in [4.78, 5) is 25.0. The third-order valence-corrected chi connectivity index (χ3v) is 5.36. The Labute approximate surface area is 141 Å². The number of rotatable bonds is 9. The van der Waals surface area contributed by atoms with E-state index in [9.17, 15) is 18.0 Å². The molecule has 1 atom stereocenters. The monoisotopic (exact) mass is 354 g/mol. The summed E-state index contributed by atoms with van der Waals surface area (Å²) < 4.78 is 26.6. The van der Waals surface area contributed by atoms with Crippen molar-refractivity contribution in [3.63, 3.8) is 0 Å². The molecule has 1 saturated carbocycles. The van der Waals surface area contributed by atoms with E-state index in [-0.39, 0.29) is 36.4 Å². The molecule has 0 saturated heterocycles. The Kier molecular flexibility index (Phi) is 5.95. The van der Waals surface area contributed by atoms with E-state index >= 15 is 0 Å². The summed E-state index contributed by atoms with van der Waals surface area (Å²) in [6.07, 6.45) is 1.75. The molecule has 0 aliphatic heterocycles. The zero-order valence-corrected chi connectivity index (χ0v) is 14.3. The highest BCUT2D eigenvalue weighted by Gasteiger charge is 2.34. The third kappa shape index (κ3) is 5.04. The first kappa shape index (κ1) is 18.4. The molecule has 1 aromatic rings. The fraction of sp³-hybridized carbons (Fsp3) is 0.500. The molecule has 1 aliphatic carbocycles. The van der Waals surface area contributed by atoms with E-state index in [1.807, 2.05) is 0 Å². The fourth-order valence-corrected chi connectivity index (χ4v) is 3.39. The number of carboxylic acid groups (broad SMARTS) is 1. The fourth-order valence-electron chi connectivity index (χ4n) is 2.33. The van der Waals surface area contributed by atoms with Crippen LogP contribution in [-0.2, 0) is 19.6 Å². The van der Waals surface area contributed by atoms with Gasteiger partial charge in [0.05, 0.1) is 10.8 Å². The van der Waals surface area contributed by atoms with Crippen molar-refractivity contribution in [2.45, 2.75) is 37.1 Å². The SMILES string of the molecule is CC(CN(C(=O)CCNS(=O)(=O)c1ccccc1)C1CC1)C(=O)O. The molecule has 2 N–H and O–H groups in total. The zero-order valence-electron chi connectivity index (χ0n) is 13.5. The summed E-state index contributed by atoms with van der Waals surface area (Å²) in [7, 11) is -3.64. The molecule has 0 spiro atoms. The number of nitrogens with zero attached hydrogens (tertiary/aromatic N) is 1. The number of carbonyl (C=O) groups is 2. The van der Waals surface area contributed by atoms with Gasteiger partial charge >= 0.3 is 5.97 Å². The van der Waals surface area contributed by atoms with E-state index in [0.29, 0.717) is 0 Å². The third-order valence-electron chi connectivity index (χ3n) is 3.88. The molecule has 1 unspecified atom stereocenters. The number of aliphatic carboxylic acids is 1. The lowest BCUT2D eigenvalue weighted by Crippen LogP contribution is -2.40. The summed E-state index contributed by atoms with van der Waals surface area (Å²) in [6, 6.07) is 8.03. The van der Waals surface area contributed by atoms with Gasteiger partial charge in [-0.3, -0.25) is 9.59 Å². The molecule has 0 radical (unpaired) electrons. The van der Waals surface area contributed by atoms with Crippen molar-refractivity contribution >= 4 is 21.9 Å². The van der Waals surface area contributed by atoms with Gasteiger partial charge in [0, 0.05) is 25.6 Å². The first-order chi connectivity index (χ1) is 11.3. The Hall–Kier alpha value is -1.93. The number of hydrogen-bond donors (Lipinski definition) is 2. The molecule has 7 nitrogen and oxygen atoms in total. The van der Waals surface area contributed by atoms with Gasteiger partial charge in [0.15, 0.2) is 0 Å². The van der Waals surface area contributed by atoms with Gasteiger partial charge in [-0.15, -0.1) is 0 Å². The van der Waals surface area contributed by atoms with Crippen LogP contribution in [0, 0.1) is 5.92 Å². The predicted octanol–water partition coefficient (Wildman–Crippen LogP) is 1.07. The van der Waals surface area contributed by atoms with Crippen molar-refractivity contribution in [1.82, 2.24) is 9.62 Å². The number of sulfonamides is 1. The maximum atomic E-state index is 12.3. The van der Waals surface area contributed by atoms with Gasteiger partial charge in [0.1, 0.15) is 0 Å². The van der Waals surface area contributed by atoms with Crippen LogP contribution < -0.4 is 4.72 Å². The van der Waals surface area contributed by atoms with Gasteiger partial charge in [-0.05, 0) is 25.0 Å². The molecule has 0 aromatic heterocycles. The zero-order chi connectivity index (χ0) is 17.7. The highest BCUT2D eigenvalue weighted by Crippen LogP contribution is 2.28. The van der Waals surface area contributed by atoms with Crippen LogP contribution in [-0.4, -0.2) is 49.4 Å². The van der Waals surface area contributed by atoms with E-state index in [1.54, 1.807) is 30.0 Å². The van der Waals surface area contributed by atoms with Gasteiger partial charge in [0.2, 0.25) is 15.9 Å². The van der Waals surface area contributed by atoms with E-state index in [2.05, 4.69) is 4.72 Å². The van der Waals surface area contributed by atoms with E-state index in [1.165, 1.54) is 12.1 Å². The largest absolute Gasteiger partial charge is 0.481 e. The number of carbonyl (C=O) groups excluding carboxylic acids is 1. The van der Waals surface area contributed by atoms with Crippen LogP contribution in [0.3, 0.4) is 0 Å². The quantitative estimate of drug-likeness (QED) is 0.690. The maximum absolute atomic E-state index is 12.3. The molecule has 0 heterocycles. The van der Waals surface area contributed by atoms with Crippen LogP contribution in [0.1, 0.15) is 26.2 Å². The van der Waals surface area contributed by atoms with E-state index in [0.717, 1.165) is 12.8 Å². The average molecular weight is 354 g/mol. The standard InChI is InChI=1S/C16H22N2O5S/c1-12(16(20)21)11-18(13-7-8-13)15(19)9-10-17-24(22,23)14-5-3-2-4-6-14/h2-6,12-13,17H,7-11H2,1H3,(H,20,21). The lowest BCUT2D eigenvalue weighted by Gasteiger charge is -2.24. The van der Waals surface area contributed by atoms with Crippen LogP contribution in [0.15, 0.2) is 35.2 Å². The van der Waals surface area contributed by atoms with Gasteiger partial charge in [0.25, 0.3) is 0 Å². The van der Waals surface area contributed by atoms with Crippen molar-refractivity contribution in [1.29, 1.82) is 0 Å². The molecule has 132 valence electrons. The van der Waals surface area contributed by atoms with Crippen LogP contribution in [0.4, 0.5) is 0 Å². The van der Waals surface area contributed by atoms with Crippen LogP contribution >= 0.6 is 0 Å². The summed E-state index contributed by atoms with van der Waals surface area (Å²) in [5.41, 5.74) is 0. The summed E-state index contributed by atoms with van der Waals surface area (Å²) in [6.45, 7) is 1.70. The molecule has 8 heteroatoms. The predicted molar refractivity (Wildman–Crippen MR) is 87.8 cm³/mol. The minimum atomic E-state index is -3.64. The molecular weight excluding hydrogens is 332 g/mol. The first-order valence-electron chi connectivity index (χ1n) is 7.88. The average Bonchev–Trinajstić information content (AvgIpc) is 3.37. The second-order valence-corrected chi connectivity index (χ2v) is 7.74. The van der Waals surface area contributed by atoms with Crippen molar-refractivity contribution < 1.29 is 23.1 Å². The minimum absolute atomic E-state index is 0.00883. The number of hydrogen-bond acceptors (Lipinski definition) is 4. The number of carboxylic acids is 1. The number of nitrogens with one attached hydrogen (secondary N) is 1. The van der Waals surface area contributed by atoms with Crippen molar-refractivity contribution in [2.24, 2.45) is 5.92 Å². The second kappa shape index (κ2) is 7.76. The van der Waals surface area contributed by atoms with Crippen molar-refractivity contribution in [3.05, 3.63) is 30.3 Å². The molecule has 2 rings (SSSR count). The Morgan fingerprint density at radius 3 is 2.46 bits per heavy atom. The molecular formula is C16H22N2O5S. The summed E-state index contributed by atoms with van der Waals surface area (Å²) in [5, 5.41) is 8.99. The summed E-state index contributed by atoms with van der Waals surface area (Å²) >= 11 is 0. The number of benzene rings is 1. The van der Waals surface area contributed by atoms with Crippen molar-refractivity contribution in [2.75, 3.05) is 13.1 Å². The summed E-state index contributed by atoms with van der Waals surface area (Å²) in [5.74, 6) is -1.81. The normalized spacial score (nSPS) is 15.7. The lowest BCUT2D eigenvalue weighted by molar-refractivity contribution is -0.143. The van der Waals surface area contributed by atoms with Gasteiger partial charge in [-0.1, -0.05) is 25.1 Å². The first-order valence-corrected chi connectivity index (χ1v) is 9.36. The Bertz CT molecular complexity index is 686. The molecule has 1 amide bonds. The number of amides is 1. The van der Waals surface area contributed by atoms with Gasteiger partial charge < -0.3 is 10.0 Å². The van der Waals surface area contributed by atoms with Gasteiger partial charge in [-0.25, -0.2) is 13.1 Å². The van der Waals surface area contributed by atoms with Gasteiger partial charge in [-0.2, -0.15) is 0 Å². The Morgan fingerprint density at radius 1 is 1.29 bits per heavy atom. The smallest absolute Gasteiger partial charge is 0.308 e. The molecule has 1 fully saturated rings. The Balaban J connectivity index is 1.88.